The van der Waals surface area contributed by atoms with Crippen molar-refractivity contribution < 1.29 is 0 Å². The summed E-state index contributed by atoms with van der Waals surface area (Å²) in [5.41, 5.74) is 0. The standard InChI is InChI=1S/C16H31N/c1-3-14-5-7-15(8-6-14)13-16-9-11-17(4-2)12-10-16/h14-16H,3-13H2,1-2H3. The molecule has 1 heteroatoms. The highest BCUT2D eigenvalue weighted by atomic mass is 15.1. The SMILES string of the molecule is CCC1CCC(CC2CCN(CC)CC2)CC1. The lowest BCUT2D eigenvalue weighted by Gasteiger charge is -2.35. The van der Waals surface area contributed by atoms with Gasteiger partial charge in [0.1, 0.15) is 0 Å². The summed E-state index contributed by atoms with van der Waals surface area (Å²) in [6, 6.07) is 0. The molecule has 1 nitrogen and oxygen atoms in total. The lowest BCUT2D eigenvalue weighted by molar-refractivity contribution is 0.155. The van der Waals surface area contributed by atoms with Crippen LogP contribution in [0.2, 0.25) is 0 Å². The van der Waals surface area contributed by atoms with E-state index < -0.39 is 0 Å². The van der Waals surface area contributed by atoms with Gasteiger partial charge in [0.15, 0.2) is 0 Å². The Hall–Kier alpha value is -0.0400. The predicted octanol–water partition coefficient (Wildman–Crippen LogP) is 4.32. The number of hydrogen-bond donors (Lipinski definition) is 0. The van der Waals surface area contributed by atoms with Gasteiger partial charge in [-0.25, -0.2) is 0 Å². The molecule has 0 aromatic heterocycles. The van der Waals surface area contributed by atoms with E-state index in [1.807, 2.05) is 0 Å². The first-order chi connectivity index (χ1) is 8.31. The maximum Gasteiger partial charge on any atom is -0.00162 e. The second-order valence-electron chi connectivity index (χ2n) is 6.41. The van der Waals surface area contributed by atoms with E-state index in [4.69, 9.17) is 0 Å². The van der Waals surface area contributed by atoms with Crippen LogP contribution in [0.5, 0.6) is 0 Å². The fourth-order valence-corrected chi connectivity index (χ4v) is 3.89. The first kappa shape index (κ1) is 13.4. The molecule has 1 aliphatic carbocycles. The fourth-order valence-electron chi connectivity index (χ4n) is 3.89. The minimum absolute atomic E-state index is 1.06. The van der Waals surface area contributed by atoms with Gasteiger partial charge in [0, 0.05) is 0 Å². The molecule has 17 heavy (non-hydrogen) atoms. The molecule has 0 atom stereocenters. The highest BCUT2D eigenvalue weighted by Crippen LogP contribution is 2.36. The molecule has 0 radical (unpaired) electrons. The summed E-state index contributed by atoms with van der Waals surface area (Å²) in [5, 5.41) is 0. The molecule has 0 bridgehead atoms. The molecule has 1 heterocycles. The van der Waals surface area contributed by atoms with Crippen LogP contribution < -0.4 is 0 Å². The van der Waals surface area contributed by atoms with Crippen LogP contribution in [0.3, 0.4) is 0 Å². The quantitative estimate of drug-likeness (QED) is 0.703. The van der Waals surface area contributed by atoms with E-state index in [2.05, 4.69) is 18.7 Å². The normalized spacial score (nSPS) is 32.8. The van der Waals surface area contributed by atoms with Crippen LogP contribution in [-0.4, -0.2) is 24.5 Å². The van der Waals surface area contributed by atoms with Gasteiger partial charge >= 0.3 is 0 Å². The van der Waals surface area contributed by atoms with Crippen molar-refractivity contribution in [1.29, 1.82) is 0 Å². The van der Waals surface area contributed by atoms with Crippen LogP contribution in [0.25, 0.3) is 0 Å². The molecule has 2 rings (SSSR count). The highest BCUT2D eigenvalue weighted by Gasteiger charge is 2.25. The van der Waals surface area contributed by atoms with Crippen LogP contribution in [0.1, 0.15) is 65.2 Å². The van der Waals surface area contributed by atoms with E-state index >= 15 is 0 Å². The van der Waals surface area contributed by atoms with Gasteiger partial charge in [-0.1, -0.05) is 46.0 Å². The Kier molecular flexibility index (Phi) is 5.34. The smallest absolute Gasteiger partial charge is 0.00162 e. The lowest BCUT2D eigenvalue weighted by atomic mass is 9.76. The van der Waals surface area contributed by atoms with Crippen molar-refractivity contribution in [3.05, 3.63) is 0 Å². The van der Waals surface area contributed by atoms with E-state index in [0.29, 0.717) is 0 Å². The Labute approximate surface area is 108 Å². The highest BCUT2D eigenvalue weighted by molar-refractivity contribution is 4.78. The van der Waals surface area contributed by atoms with Crippen molar-refractivity contribution in [3.8, 4) is 0 Å². The first-order valence-corrected chi connectivity index (χ1v) is 8.04. The summed E-state index contributed by atoms with van der Waals surface area (Å²) in [6.07, 6.45) is 12.0. The van der Waals surface area contributed by atoms with E-state index in [0.717, 1.165) is 17.8 Å². The molecule has 0 aromatic rings. The molecule has 1 aliphatic heterocycles. The summed E-state index contributed by atoms with van der Waals surface area (Å²) < 4.78 is 0. The number of piperidine rings is 1. The maximum absolute atomic E-state index is 2.62. The minimum Gasteiger partial charge on any atom is -0.304 e. The second-order valence-corrected chi connectivity index (χ2v) is 6.41. The van der Waals surface area contributed by atoms with Gasteiger partial charge in [-0.2, -0.15) is 0 Å². The Balaban J connectivity index is 1.65. The Bertz CT molecular complexity index is 176. The molecule has 0 N–H and O–H groups in total. The van der Waals surface area contributed by atoms with Crippen LogP contribution in [0, 0.1) is 17.8 Å². The summed E-state index contributed by atoms with van der Waals surface area (Å²) in [4.78, 5) is 2.62. The predicted molar refractivity (Wildman–Crippen MR) is 75.2 cm³/mol. The molecule has 0 aromatic carbocycles. The van der Waals surface area contributed by atoms with E-state index in [-0.39, 0.29) is 0 Å². The van der Waals surface area contributed by atoms with Gasteiger partial charge in [-0.05, 0) is 56.7 Å². The zero-order valence-electron chi connectivity index (χ0n) is 12.0. The lowest BCUT2D eigenvalue weighted by Crippen LogP contribution is -2.34. The van der Waals surface area contributed by atoms with Crippen molar-refractivity contribution in [2.75, 3.05) is 19.6 Å². The van der Waals surface area contributed by atoms with Crippen LogP contribution in [0.15, 0.2) is 0 Å². The molecule has 0 unspecified atom stereocenters. The number of rotatable bonds is 4. The summed E-state index contributed by atoms with van der Waals surface area (Å²) in [7, 11) is 0. The third kappa shape index (κ3) is 3.98. The number of likely N-dealkylation sites (tertiary alicyclic amines) is 1. The first-order valence-electron chi connectivity index (χ1n) is 8.04. The molecule has 0 spiro atoms. The zero-order valence-corrected chi connectivity index (χ0v) is 12.0. The fraction of sp³-hybridized carbons (Fsp3) is 1.00. The van der Waals surface area contributed by atoms with Gasteiger partial charge in [0.05, 0.1) is 0 Å². The Morgan fingerprint density at radius 1 is 0.765 bits per heavy atom. The van der Waals surface area contributed by atoms with Gasteiger partial charge < -0.3 is 4.90 Å². The maximum atomic E-state index is 2.62. The second kappa shape index (κ2) is 6.78. The van der Waals surface area contributed by atoms with Gasteiger partial charge in [0.25, 0.3) is 0 Å². The third-order valence-corrected chi connectivity index (χ3v) is 5.36. The van der Waals surface area contributed by atoms with Gasteiger partial charge in [-0.15, -0.1) is 0 Å². The molecule has 100 valence electrons. The molecule has 2 aliphatic rings. The van der Waals surface area contributed by atoms with Crippen LogP contribution in [0.4, 0.5) is 0 Å². The van der Waals surface area contributed by atoms with E-state index in [9.17, 15) is 0 Å². The summed E-state index contributed by atoms with van der Waals surface area (Å²) in [5.74, 6) is 3.20. The zero-order chi connectivity index (χ0) is 12.1. The van der Waals surface area contributed by atoms with Crippen molar-refractivity contribution >= 4 is 0 Å². The monoisotopic (exact) mass is 237 g/mol. The van der Waals surface area contributed by atoms with E-state index in [1.54, 1.807) is 6.42 Å². The minimum atomic E-state index is 1.06. The molecule has 2 fully saturated rings. The summed E-state index contributed by atoms with van der Waals surface area (Å²) in [6.45, 7) is 8.66. The molecule has 1 saturated heterocycles. The number of hydrogen-bond acceptors (Lipinski definition) is 1. The molecule has 1 saturated carbocycles. The van der Waals surface area contributed by atoms with Crippen LogP contribution >= 0.6 is 0 Å². The summed E-state index contributed by atoms with van der Waals surface area (Å²) >= 11 is 0. The van der Waals surface area contributed by atoms with Crippen molar-refractivity contribution in [1.82, 2.24) is 4.90 Å². The number of nitrogens with zero attached hydrogens (tertiary/aromatic N) is 1. The molecular formula is C16H31N. The van der Waals surface area contributed by atoms with E-state index in [1.165, 1.54) is 64.6 Å². The Morgan fingerprint density at radius 2 is 1.29 bits per heavy atom. The molecular weight excluding hydrogens is 206 g/mol. The largest absolute Gasteiger partial charge is 0.304 e. The van der Waals surface area contributed by atoms with Gasteiger partial charge in [0.2, 0.25) is 0 Å². The Morgan fingerprint density at radius 3 is 1.82 bits per heavy atom. The van der Waals surface area contributed by atoms with Crippen molar-refractivity contribution in [2.45, 2.75) is 65.2 Å². The van der Waals surface area contributed by atoms with Crippen molar-refractivity contribution in [2.24, 2.45) is 17.8 Å². The average molecular weight is 237 g/mol. The van der Waals surface area contributed by atoms with Gasteiger partial charge in [-0.3, -0.25) is 0 Å². The van der Waals surface area contributed by atoms with Crippen molar-refractivity contribution in [3.63, 3.8) is 0 Å². The third-order valence-electron chi connectivity index (χ3n) is 5.36. The average Bonchev–Trinajstić information content (AvgIpc) is 2.40. The topological polar surface area (TPSA) is 3.24 Å². The molecule has 0 amide bonds. The van der Waals surface area contributed by atoms with Crippen LogP contribution in [-0.2, 0) is 0 Å².